The summed E-state index contributed by atoms with van der Waals surface area (Å²) in [6, 6.07) is 7.88. The summed E-state index contributed by atoms with van der Waals surface area (Å²) in [5.74, 6) is 1.63. The van der Waals surface area contributed by atoms with Crippen molar-refractivity contribution in [3.05, 3.63) is 73.1 Å². The first-order valence-electron chi connectivity index (χ1n) is 17.4. The van der Waals surface area contributed by atoms with Crippen LogP contribution in [0.1, 0.15) is 56.8 Å². The van der Waals surface area contributed by atoms with Crippen LogP contribution in [0.4, 0.5) is 21.7 Å². The lowest BCUT2D eigenvalue weighted by Gasteiger charge is -2.54. The Kier molecular flexibility index (Phi) is 10.4. The molecule has 1 aromatic carbocycles. The summed E-state index contributed by atoms with van der Waals surface area (Å²) in [5.41, 5.74) is 1.52. The fraction of sp³-hybridized carbons (Fsp3) is 0.486. The zero-order chi connectivity index (χ0) is 34.5. The third-order valence-corrected chi connectivity index (χ3v) is 10.2. The number of ether oxygens (including phenoxy) is 1. The monoisotopic (exact) mass is 670 g/mol. The van der Waals surface area contributed by atoms with Gasteiger partial charge in [-0.3, -0.25) is 9.59 Å². The number of halogens is 1. The third-order valence-electron chi connectivity index (χ3n) is 10.2. The van der Waals surface area contributed by atoms with Crippen molar-refractivity contribution in [1.82, 2.24) is 24.8 Å². The SMILES string of the molecule is C=CC(=O)Nc1ccc(N2CCC(CN3CCC4(CC3)CN(c3ncncc3Oc3ccc(F)cc3C(=O)N(CC)C(C)C)C4)CC2)cn1. The van der Waals surface area contributed by atoms with Gasteiger partial charge in [-0.1, -0.05) is 6.58 Å². The lowest BCUT2D eigenvalue weighted by molar-refractivity contribution is -0.111. The molecule has 1 N–H and O–H groups in total. The van der Waals surface area contributed by atoms with Crippen molar-refractivity contribution in [2.24, 2.45) is 11.3 Å². The molecule has 0 saturated carbocycles. The molecule has 49 heavy (non-hydrogen) atoms. The molecule has 0 bridgehead atoms. The van der Waals surface area contributed by atoms with Crippen LogP contribution in [-0.2, 0) is 4.79 Å². The van der Waals surface area contributed by atoms with Crippen LogP contribution in [0.3, 0.4) is 0 Å². The van der Waals surface area contributed by atoms with Crippen molar-refractivity contribution in [3.63, 3.8) is 0 Å². The molecule has 3 aromatic rings. The fourth-order valence-electron chi connectivity index (χ4n) is 7.40. The second kappa shape index (κ2) is 14.9. The van der Waals surface area contributed by atoms with E-state index in [0.717, 1.165) is 77.2 Å². The molecule has 2 amide bonds. The normalized spacial score (nSPS) is 17.9. The lowest BCUT2D eigenvalue weighted by atomic mass is 9.72. The van der Waals surface area contributed by atoms with Gasteiger partial charge in [0.2, 0.25) is 5.91 Å². The number of anilines is 3. The van der Waals surface area contributed by atoms with E-state index in [1.165, 1.54) is 30.6 Å². The molecule has 260 valence electrons. The lowest BCUT2D eigenvalue weighted by Crippen LogP contribution is -2.61. The Hall–Kier alpha value is -4.58. The van der Waals surface area contributed by atoms with E-state index in [0.29, 0.717) is 35.6 Å². The summed E-state index contributed by atoms with van der Waals surface area (Å²) in [6.45, 7) is 16.9. The van der Waals surface area contributed by atoms with Gasteiger partial charge in [-0.2, -0.15) is 0 Å². The molecule has 6 rings (SSSR count). The summed E-state index contributed by atoms with van der Waals surface area (Å²) in [4.78, 5) is 47.0. The standard InChI is InChI=1S/C37H47FN8O3/c1-5-34(47)42-33-10-8-29(20-40-33)44-15-11-27(12-16-44)22-43-17-13-37(14-18-43)23-45(24-37)35-32(21-39-25-41-35)49-31-9-7-28(38)19-30(31)36(48)46(6-2)26(3)4/h5,7-10,19-21,25-27H,1,6,11-18,22-24H2,2-4H3,(H,40,42,47). The van der Waals surface area contributed by atoms with Gasteiger partial charge in [0, 0.05) is 50.7 Å². The van der Waals surface area contributed by atoms with Gasteiger partial charge in [0.1, 0.15) is 23.7 Å². The topological polar surface area (TPSA) is 107 Å². The smallest absolute Gasteiger partial charge is 0.257 e. The van der Waals surface area contributed by atoms with Crippen LogP contribution in [0.15, 0.2) is 61.7 Å². The highest BCUT2D eigenvalue weighted by Gasteiger charge is 2.46. The highest BCUT2D eigenvalue weighted by atomic mass is 19.1. The predicted octanol–water partition coefficient (Wildman–Crippen LogP) is 5.62. The molecule has 11 nitrogen and oxygen atoms in total. The van der Waals surface area contributed by atoms with E-state index in [4.69, 9.17) is 4.74 Å². The maximum atomic E-state index is 14.3. The van der Waals surface area contributed by atoms with Crippen LogP contribution >= 0.6 is 0 Å². The first-order chi connectivity index (χ1) is 23.7. The average molecular weight is 671 g/mol. The van der Waals surface area contributed by atoms with E-state index in [2.05, 4.69) is 41.5 Å². The second-order valence-electron chi connectivity index (χ2n) is 13.8. The third kappa shape index (κ3) is 7.85. The molecular formula is C37H47FN8O3. The minimum Gasteiger partial charge on any atom is -0.451 e. The Bertz CT molecular complexity index is 1630. The number of carbonyl (C=O) groups excluding carboxylic acids is 2. The maximum Gasteiger partial charge on any atom is 0.257 e. The van der Waals surface area contributed by atoms with Crippen LogP contribution < -0.4 is 19.9 Å². The van der Waals surface area contributed by atoms with Crippen molar-refractivity contribution in [3.8, 4) is 11.5 Å². The second-order valence-corrected chi connectivity index (χ2v) is 13.8. The Labute approximate surface area is 288 Å². The Balaban J connectivity index is 0.996. The number of nitrogens with one attached hydrogen (secondary N) is 1. The zero-order valence-corrected chi connectivity index (χ0v) is 28.8. The number of benzene rings is 1. The van der Waals surface area contributed by atoms with Gasteiger partial charge in [-0.05, 0) is 102 Å². The van der Waals surface area contributed by atoms with E-state index < -0.39 is 5.82 Å². The first kappa shape index (κ1) is 34.3. The summed E-state index contributed by atoms with van der Waals surface area (Å²) >= 11 is 0. The van der Waals surface area contributed by atoms with Crippen molar-refractivity contribution >= 4 is 29.1 Å². The minimum absolute atomic E-state index is 0.0336. The number of piperidine rings is 2. The van der Waals surface area contributed by atoms with Crippen molar-refractivity contribution < 1.29 is 18.7 Å². The van der Waals surface area contributed by atoms with E-state index in [1.54, 1.807) is 11.1 Å². The van der Waals surface area contributed by atoms with E-state index in [1.807, 2.05) is 39.1 Å². The number of pyridine rings is 1. The molecule has 0 radical (unpaired) electrons. The van der Waals surface area contributed by atoms with Crippen LogP contribution in [0, 0.1) is 17.2 Å². The highest BCUT2D eigenvalue weighted by molar-refractivity contribution is 5.98. The van der Waals surface area contributed by atoms with Crippen molar-refractivity contribution in [1.29, 1.82) is 0 Å². The summed E-state index contributed by atoms with van der Waals surface area (Å²) < 4.78 is 20.6. The van der Waals surface area contributed by atoms with Crippen LogP contribution in [0.2, 0.25) is 0 Å². The molecule has 3 saturated heterocycles. The average Bonchev–Trinajstić information content (AvgIpc) is 3.09. The molecule has 0 aliphatic carbocycles. The summed E-state index contributed by atoms with van der Waals surface area (Å²) in [5, 5.41) is 2.70. The van der Waals surface area contributed by atoms with Gasteiger partial charge >= 0.3 is 0 Å². The molecule has 5 heterocycles. The van der Waals surface area contributed by atoms with Crippen LogP contribution in [-0.4, -0.2) is 95.0 Å². The molecule has 0 unspecified atom stereocenters. The molecule has 2 aromatic heterocycles. The maximum absolute atomic E-state index is 14.3. The van der Waals surface area contributed by atoms with Gasteiger partial charge in [0.05, 0.1) is 23.6 Å². The summed E-state index contributed by atoms with van der Waals surface area (Å²) in [6.07, 6.45) is 10.8. The number of hydrogen-bond acceptors (Lipinski definition) is 9. The van der Waals surface area contributed by atoms with Crippen molar-refractivity contribution in [2.45, 2.75) is 52.5 Å². The van der Waals surface area contributed by atoms with Gasteiger partial charge in [-0.25, -0.2) is 19.3 Å². The predicted molar refractivity (Wildman–Crippen MR) is 189 cm³/mol. The molecule has 12 heteroatoms. The van der Waals surface area contributed by atoms with Gasteiger partial charge in [-0.15, -0.1) is 0 Å². The van der Waals surface area contributed by atoms with E-state index in [9.17, 15) is 14.0 Å². The van der Waals surface area contributed by atoms with Gasteiger partial charge < -0.3 is 29.7 Å². The van der Waals surface area contributed by atoms with Crippen molar-refractivity contribution in [2.75, 3.05) is 67.5 Å². The Morgan fingerprint density at radius 3 is 2.47 bits per heavy atom. The summed E-state index contributed by atoms with van der Waals surface area (Å²) in [7, 11) is 0. The number of rotatable bonds is 11. The number of carbonyl (C=O) groups is 2. The van der Waals surface area contributed by atoms with Crippen LogP contribution in [0.5, 0.6) is 11.5 Å². The number of likely N-dealkylation sites (tertiary alicyclic amines) is 1. The van der Waals surface area contributed by atoms with Gasteiger partial charge in [0.25, 0.3) is 5.91 Å². The van der Waals surface area contributed by atoms with Crippen LogP contribution in [0.25, 0.3) is 0 Å². The quantitative estimate of drug-likeness (QED) is 0.260. The van der Waals surface area contributed by atoms with E-state index >= 15 is 0 Å². The molecule has 3 aliphatic rings. The molecule has 3 aliphatic heterocycles. The minimum atomic E-state index is -0.488. The van der Waals surface area contributed by atoms with E-state index in [-0.39, 0.29) is 28.8 Å². The molecule has 3 fully saturated rings. The van der Waals surface area contributed by atoms with Gasteiger partial charge in [0.15, 0.2) is 11.6 Å². The largest absolute Gasteiger partial charge is 0.451 e. The molecule has 0 atom stereocenters. The number of hydrogen-bond donors (Lipinski definition) is 1. The fourth-order valence-corrected chi connectivity index (χ4v) is 7.40. The highest BCUT2D eigenvalue weighted by Crippen LogP contribution is 2.45. The Morgan fingerprint density at radius 2 is 1.82 bits per heavy atom. The number of nitrogens with zero attached hydrogens (tertiary/aromatic N) is 7. The number of amides is 2. The molecule has 1 spiro atoms. The number of aromatic nitrogens is 3. The Morgan fingerprint density at radius 1 is 1.06 bits per heavy atom. The zero-order valence-electron chi connectivity index (χ0n) is 28.8. The molecular weight excluding hydrogens is 623 g/mol. The first-order valence-corrected chi connectivity index (χ1v) is 17.4.